The van der Waals surface area contributed by atoms with Gasteiger partial charge in [0, 0.05) is 13.6 Å². The molecule has 0 spiro atoms. The molecule has 0 atom stereocenters. The van der Waals surface area contributed by atoms with E-state index in [1.807, 2.05) is 6.92 Å². The number of aryl methyl sites for hydroxylation is 1. The third-order valence-corrected chi connectivity index (χ3v) is 2.96. The molecular formula is C12H15N5O2. The van der Waals surface area contributed by atoms with Gasteiger partial charge in [-0.25, -0.2) is 9.48 Å². The van der Waals surface area contributed by atoms with Crippen molar-refractivity contribution in [3.05, 3.63) is 20.8 Å². The van der Waals surface area contributed by atoms with E-state index >= 15 is 0 Å². The Morgan fingerprint density at radius 1 is 1.37 bits per heavy atom. The summed E-state index contributed by atoms with van der Waals surface area (Å²) >= 11 is 0. The van der Waals surface area contributed by atoms with Crippen LogP contribution in [0.3, 0.4) is 0 Å². The van der Waals surface area contributed by atoms with Crippen LogP contribution in [0, 0.1) is 12.3 Å². The zero-order valence-corrected chi connectivity index (χ0v) is 11.0. The van der Waals surface area contributed by atoms with Crippen LogP contribution in [0.2, 0.25) is 0 Å². The van der Waals surface area contributed by atoms with E-state index in [1.165, 1.54) is 11.6 Å². The molecular weight excluding hydrogens is 246 g/mol. The molecule has 19 heavy (non-hydrogen) atoms. The van der Waals surface area contributed by atoms with Crippen molar-refractivity contribution in [1.82, 2.24) is 24.1 Å². The van der Waals surface area contributed by atoms with Gasteiger partial charge >= 0.3 is 5.69 Å². The van der Waals surface area contributed by atoms with Crippen LogP contribution in [-0.4, -0.2) is 24.1 Å². The largest absolute Gasteiger partial charge is 0.333 e. The lowest BCUT2D eigenvalue weighted by molar-refractivity contribution is 0.550. The monoisotopic (exact) mass is 261 g/mol. The molecule has 2 aromatic heterocycles. The Bertz CT molecular complexity index is 759. The van der Waals surface area contributed by atoms with Crippen LogP contribution in [-0.2, 0) is 20.1 Å². The molecule has 0 bridgehead atoms. The fourth-order valence-electron chi connectivity index (χ4n) is 1.92. The van der Waals surface area contributed by atoms with Crippen molar-refractivity contribution >= 4 is 11.2 Å². The lowest BCUT2D eigenvalue weighted by atomic mass is 10.3. The Kier molecular flexibility index (Phi) is 3.51. The van der Waals surface area contributed by atoms with Gasteiger partial charge in [-0.15, -0.1) is 11.5 Å². The number of terminal acetylenes is 1. The fraction of sp³-hybridized carbons (Fsp3) is 0.500. The molecule has 100 valence electrons. The van der Waals surface area contributed by atoms with Crippen LogP contribution in [0.1, 0.15) is 19.8 Å². The molecule has 0 aliphatic carbocycles. The average Bonchev–Trinajstić information content (AvgIpc) is 2.82. The molecule has 0 radical (unpaired) electrons. The van der Waals surface area contributed by atoms with Gasteiger partial charge < -0.3 is 0 Å². The van der Waals surface area contributed by atoms with Gasteiger partial charge in [-0.2, -0.15) is 0 Å². The van der Waals surface area contributed by atoms with Gasteiger partial charge in [0.1, 0.15) is 0 Å². The Morgan fingerprint density at radius 2 is 2.11 bits per heavy atom. The number of nitrogens with zero attached hydrogens (tertiary/aromatic N) is 5. The highest BCUT2D eigenvalue weighted by Gasteiger charge is 2.16. The van der Waals surface area contributed by atoms with Gasteiger partial charge in [-0.1, -0.05) is 24.5 Å². The Morgan fingerprint density at radius 3 is 2.74 bits per heavy atom. The van der Waals surface area contributed by atoms with E-state index in [0.717, 1.165) is 17.4 Å². The van der Waals surface area contributed by atoms with E-state index in [-0.39, 0.29) is 12.1 Å². The van der Waals surface area contributed by atoms with E-state index in [4.69, 9.17) is 6.42 Å². The molecule has 0 N–H and O–H groups in total. The summed E-state index contributed by atoms with van der Waals surface area (Å²) in [6.45, 7) is 2.74. The second-order valence-electron chi connectivity index (χ2n) is 4.28. The summed E-state index contributed by atoms with van der Waals surface area (Å²) in [4.78, 5) is 24.1. The zero-order chi connectivity index (χ0) is 14.0. The van der Waals surface area contributed by atoms with Gasteiger partial charge in [0.15, 0.2) is 11.2 Å². The molecule has 0 aliphatic heterocycles. The summed E-state index contributed by atoms with van der Waals surface area (Å²) in [5.74, 6) is 2.42. The predicted octanol–water partition coefficient (Wildman–Crippen LogP) is -0.275. The molecule has 7 nitrogen and oxygen atoms in total. The van der Waals surface area contributed by atoms with Crippen molar-refractivity contribution in [3.8, 4) is 12.3 Å². The minimum absolute atomic E-state index is 0.0863. The summed E-state index contributed by atoms with van der Waals surface area (Å²) in [7, 11) is 1.40. The van der Waals surface area contributed by atoms with Gasteiger partial charge in [-0.05, 0) is 6.42 Å². The molecule has 0 aromatic carbocycles. The van der Waals surface area contributed by atoms with E-state index in [2.05, 4.69) is 16.2 Å². The second kappa shape index (κ2) is 5.10. The zero-order valence-electron chi connectivity index (χ0n) is 11.0. The quantitative estimate of drug-likeness (QED) is 0.710. The summed E-state index contributed by atoms with van der Waals surface area (Å²) < 4.78 is 3.92. The minimum atomic E-state index is -0.449. The van der Waals surface area contributed by atoms with Crippen molar-refractivity contribution in [2.75, 3.05) is 0 Å². The Labute approximate surface area is 109 Å². The Balaban J connectivity index is 2.80. The maximum Gasteiger partial charge on any atom is 0.333 e. The van der Waals surface area contributed by atoms with Crippen molar-refractivity contribution in [2.24, 2.45) is 7.05 Å². The highest BCUT2D eigenvalue weighted by molar-refractivity contribution is 5.68. The van der Waals surface area contributed by atoms with Crippen LogP contribution < -0.4 is 11.2 Å². The summed E-state index contributed by atoms with van der Waals surface area (Å²) in [6.07, 6.45) is 7.14. The highest BCUT2D eigenvalue weighted by Crippen LogP contribution is 2.06. The molecule has 0 saturated carbocycles. The van der Waals surface area contributed by atoms with Crippen LogP contribution in [0.4, 0.5) is 0 Å². The first kappa shape index (κ1) is 13.1. The van der Waals surface area contributed by atoms with Gasteiger partial charge in [0.2, 0.25) is 0 Å². The first-order chi connectivity index (χ1) is 9.11. The van der Waals surface area contributed by atoms with E-state index < -0.39 is 11.2 Å². The SMILES string of the molecule is C#CCn1c(=O)n(C)c(=O)c2nnn(CCCC)c21. The summed E-state index contributed by atoms with van der Waals surface area (Å²) in [5.41, 5.74) is -0.320. The third kappa shape index (κ3) is 2.05. The molecule has 0 aliphatic rings. The van der Waals surface area contributed by atoms with E-state index in [9.17, 15) is 9.59 Å². The second-order valence-corrected chi connectivity index (χ2v) is 4.28. The standard InChI is InChI=1S/C12H15N5O2/c1-4-6-8-17-10-9(13-14-17)11(18)15(3)12(19)16(10)7-5-2/h2H,4,6-8H2,1,3H3. The first-order valence-electron chi connectivity index (χ1n) is 6.08. The van der Waals surface area contributed by atoms with Crippen LogP contribution in [0.25, 0.3) is 11.2 Å². The van der Waals surface area contributed by atoms with Crippen molar-refractivity contribution in [3.63, 3.8) is 0 Å². The lowest BCUT2D eigenvalue weighted by Crippen LogP contribution is -2.38. The molecule has 7 heteroatoms. The maximum atomic E-state index is 12.1. The summed E-state index contributed by atoms with van der Waals surface area (Å²) in [5, 5.41) is 7.81. The maximum absolute atomic E-state index is 12.1. The van der Waals surface area contributed by atoms with Crippen molar-refractivity contribution in [1.29, 1.82) is 0 Å². The lowest BCUT2D eigenvalue weighted by Gasteiger charge is -2.08. The fourth-order valence-corrected chi connectivity index (χ4v) is 1.92. The van der Waals surface area contributed by atoms with Gasteiger partial charge in [0.25, 0.3) is 5.56 Å². The molecule has 2 rings (SSSR count). The normalized spacial score (nSPS) is 10.8. The highest BCUT2D eigenvalue weighted by atomic mass is 16.2. The average molecular weight is 261 g/mol. The number of hydrogen-bond donors (Lipinski definition) is 0. The number of hydrogen-bond acceptors (Lipinski definition) is 4. The summed E-state index contributed by atoms with van der Waals surface area (Å²) in [6, 6.07) is 0. The number of aromatic nitrogens is 5. The van der Waals surface area contributed by atoms with Crippen LogP contribution in [0.15, 0.2) is 9.59 Å². The van der Waals surface area contributed by atoms with E-state index in [1.54, 1.807) is 4.68 Å². The smallest absolute Gasteiger partial charge is 0.267 e. The molecule has 2 aromatic rings. The topological polar surface area (TPSA) is 74.7 Å². The van der Waals surface area contributed by atoms with Crippen molar-refractivity contribution < 1.29 is 0 Å². The minimum Gasteiger partial charge on any atom is -0.267 e. The predicted molar refractivity (Wildman–Crippen MR) is 70.8 cm³/mol. The van der Waals surface area contributed by atoms with Gasteiger partial charge in [-0.3, -0.25) is 13.9 Å². The molecule has 2 heterocycles. The van der Waals surface area contributed by atoms with Crippen LogP contribution in [0.5, 0.6) is 0 Å². The van der Waals surface area contributed by atoms with Gasteiger partial charge in [0.05, 0.1) is 6.54 Å². The van der Waals surface area contributed by atoms with E-state index in [0.29, 0.717) is 12.2 Å². The molecule has 0 amide bonds. The Hall–Kier alpha value is -2.36. The molecule has 0 unspecified atom stereocenters. The van der Waals surface area contributed by atoms with Crippen LogP contribution >= 0.6 is 0 Å². The van der Waals surface area contributed by atoms with Crippen molar-refractivity contribution in [2.45, 2.75) is 32.9 Å². The first-order valence-corrected chi connectivity index (χ1v) is 6.08. The number of fused-ring (bicyclic) bond motifs is 1. The molecule has 0 fully saturated rings. The number of rotatable bonds is 4. The molecule has 0 saturated heterocycles. The number of unbranched alkanes of at least 4 members (excludes halogenated alkanes) is 1. The third-order valence-electron chi connectivity index (χ3n) is 2.96.